The highest BCUT2D eigenvalue weighted by atomic mass is 127. The molecule has 1 nitrogen and oxygen atoms in total. The van der Waals surface area contributed by atoms with Gasteiger partial charge >= 0.3 is 0 Å². The molecule has 1 N–H and O–H groups in total. The molecule has 0 aliphatic carbocycles. The number of aromatic nitrogens is 1. The molecule has 0 aliphatic rings. The van der Waals surface area contributed by atoms with E-state index >= 15 is 0 Å². The molecule has 0 amide bonds. The summed E-state index contributed by atoms with van der Waals surface area (Å²) in [4.78, 5) is 3.22. The van der Waals surface area contributed by atoms with Gasteiger partial charge in [-0.05, 0) is 47.2 Å². The van der Waals surface area contributed by atoms with Crippen LogP contribution in [0.1, 0.15) is 5.56 Å². The Morgan fingerprint density at radius 1 is 1.27 bits per heavy atom. The Labute approximate surface area is 78.9 Å². The third kappa shape index (κ3) is 1.05. The first-order valence-corrected chi connectivity index (χ1v) is 4.59. The lowest BCUT2D eigenvalue weighted by molar-refractivity contribution is 1.41. The predicted molar refractivity (Wildman–Crippen MR) is 55.8 cm³/mol. The van der Waals surface area contributed by atoms with E-state index in [2.05, 4.69) is 52.7 Å². The average Bonchev–Trinajstić information content (AvgIpc) is 2.45. The largest absolute Gasteiger partial charge is 0.361 e. The van der Waals surface area contributed by atoms with E-state index in [0.717, 1.165) is 0 Å². The molecule has 0 radical (unpaired) electrons. The van der Waals surface area contributed by atoms with Gasteiger partial charge in [-0.25, -0.2) is 0 Å². The monoisotopic (exact) mass is 257 g/mol. The summed E-state index contributed by atoms with van der Waals surface area (Å²) in [6, 6.07) is 6.40. The molecule has 0 spiro atoms. The fraction of sp³-hybridized carbons (Fsp3) is 0.111. The van der Waals surface area contributed by atoms with Gasteiger partial charge in [0.15, 0.2) is 0 Å². The minimum atomic E-state index is 1.26. The zero-order chi connectivity index (χ0) is 7.84. The van der Waals surface area contributed by atoms with Gasteiger partial charge in [-0.3, -0.25) is 0 Å². The van der Waals surface area contributed by atoms with Crippen LogP contribution in [0.2, 0.25) is 0 Å². The van der Waals surface area contributed by atoms with Gasteiger partial charge in [0, 0.05) is 20.7 Å². The van der Waals surface area contributed by atoms with Crippen molar-refractivity contribution in [2.75, 3.05) is 0 Å². The second-order valence-electron chi connectivity index (χ2n) is 2.63. The van der Waals surface area contributed by atoms with Crippen molar-refractivity contribution in [3.63, 3.8) is 0 Å². The zero-order valence-corrected chi connectivity index (χ0v) is 8.34. The molecule has 0 saturated heterocycles. The summed E-state index contributed by atoms with van der Waals surface area (Å²) in [6.07, 6.45) is 1.99. The molecule has 0 atom stereocenters. The van der Waals surface area contributed by atoms with Gasteiger partial charge < -0.3 is 4.98 Å². The fourth-order valence-corrected chi connectivity index (χ4v) is 1.90. The van der Waals surface area contributed by atoms with E-state index in [1.54, 1.807) is 0 Å². The van der Waals surface area contributed by atoms with Crippen LogP contribution in [-0.2, 0) is 0 Å². The first-order valence-electron chi connectivity index (χ1n) is 3.51. The van der Waals surface area contributed by atoms with Crippen molar-refractivity contribution < 1.29 is 0 Å². The van der Waals surface area contributed by atoms with E-state index in [1.807, 2.05) is 6.20 Å². The molecule has 0 unspecified atom stereocenters. The molecule has 1 aromatic heterocycles. The number of H-pyrrole nitrogens is 1. The second-order valence-corrected chi connectivity index (χ2v) is 3.79. The standard InChI is InChI=1S/C9H8IN/c1-6-2-3-8(10)7-4-5-11-9(6)7/h2-5,11H,1H3. The van der Waals surface area contributed by atoms with Crippen LogP contribution in [0.5, 0.6) is 0 Å². The van der Waals surface area contributed by atoms with Crippen LogP contribution in [-0.4, -0.2) is 4.98 Å². The summed E-state index contributed by atoms with van der Waals surface area (Å²) in [5.74, 6) is 0. The van der Waals surface area contributed by atoms with Crippen LogP contribution in [0.25, 0.3) is 10.9 Å². The van der Waals surface area contributed by atoms with E-state index < -0.39 is 0 Å². The third-order valence-electron chi connectivity index (χ3n) is 1.88. The molecule has 56 valence electrons. The number of benzene rings is 1. The van der Waals surface area contributed by atoms with Crippen molar-refractivity contribution in [2.24, 2.45) is 0 Å². The molecule has 0 fully saturated rings. The van der Waals surface area contributed by atoms with Crippen molar-refractivity contribution in [2.45, 2.75) is 6.92 Å². The molecule has 1 aromatic carbocycles. The number of aryl methyl sites for hydroxylation is 1. The lowest BCUT2D eigenvalue weighted by Crippen LogP contribution is -1.78. The summed E-state index contributed by atoms with van der Waals surface area (Å²) >= 11 is 2.35. The van der Waals surface area contributed by atoms with Gasteiger partial charge in [-0.2, -0.15) is 0 Å². The Kier molecular flexibility index (Phi) is 1.64. The molecule has 2 rings (SSSR count). The molecule has 0 aliphatic heterocycles. The van der Waals surface area contributed by atoms with Gasteiger partial charge in [-0.1, -0.05) is 6.07 Å². The Morgan fingerprint density at radius 3 is 2.82 bits per heavy atom. The van der Waals surface area contributed by atoms with E-state index in [9.17, 15) is 0 Å². The lowest BCUT2D eigenvalue weighted by Gasteiger charge is -1.96. The quantitative estimate of drug-likeness (QED) is 0.698. The van der Waals surface area contributed by atoms with E-state index in [0.29, 0.717) is 0 Å². The predicted octanol–water partition coefficient (Wildman–Crippen LogP) is 3.08. The van der Waals surface area contributed by atoms with Crippen molar-refractivity contribution in [1.29, 1.82) is 0 Å². The van der Waals surface area contributed by atoms with Crippen molar-refractivity contribution >= 4 is 33.5 Å². The number of fused-ring (bicyclic) bond motifs is 1. The zero-order valence-electron chi connectivity index (χ0n) is 6.19. The lowest BCUT2D eigenvalue weighted by atomic mass is 10.2. The van der Waals surface area contributed by atoms with Gasteiger partial charge in [-0.15, -0.1) is 0 Å². The van der Waals surface area contributed by atoms with Crippen LogP contribution < -0.4 is 0 Å². The number of hydrogen-bond donors (Lipinski definition) is 1. The maximum Gasteiger partial charge on any atom is 0.0494 e. The topological polar surface area (TPSA) is 15.8 Å². The molecule has 2 heteroatoms. The maximum absolute atomic E-state index is 3.22. The number of hydrogen-bond acceptors (Lipinski definition) is 0. The van der Waals surface area contributed by atoms with E-state index in [1.165, 1.54) is 20.0 Å². The van der Waals surface area contributed by atoms with Crippen molar-refractivity contribution in [3.8, 4) is 0 Å². The highest BCUT2D eigenvalue weighted by Gasteiger charge is 2.00. The summed E-state index contributed by atoms with van der Waals surface area (Å²) in [7, 11) is 0. The van der Waals surface area contributed by atoms with Crippen LogP contribution in [0.3, 0.4) is 0 Å². The number of nitrogens with one attached hydrogen (secondary N) is 1. The third-order valence-corrected chi connectivity index (χ3v) is 2.82. The highest BCUT2D eigenvalue weighted by molar-refractivity contribution is 14.1. The SMILES string of the molecule is Cc1ccc(I)c2cc[nH]c12. The molecule has 2 aromatic rings. The molecule has 1 heterocycles. The van der Waals surface area contributed by atoms with Gasteiger partial charge in [0.1, 0.15) is 0 Å². The summed E-state index contributed by atoms with van der Waals surface area (Å²) < 4.78 is 1.31. The molecule has 0 bridgehead atoms. The normalized spacial score (nSPS) is 10.7. The van der Waals surface area contributed by atoms with Crippen LogP contribution in [0.4, 0.5) is 0 Å². The molecular weight excluding hydrogens is 249 g/mol. The Bertz CT molecular complexity index is 353. The maximum atomic E-state index is 3.22. The molecule has 11 heavy (non-hydrogen) atoms. The number of aromatic amines is 1. The number of rotatable bonds is 0. The first kappa shape index (κ1) is 7.16. The summed E-state index contributed by atoms with van der Waals surface area (Å²) in [6.45, 7) is 2.12. The first-order chi connectivity index (χ1) is 5.29. The van der Waals surface area contributed by atoms with Crippen molar-refractivity contribution in [3.05, 3.63) is 33.5 Å². The smallest absolute Gasteiger partial charge is 0.0494 e. The van der Waals surface area contributed by atoms with Gasteiger partial charge in [0.05, 0.1) is 0 Å². The minimum Gasteiger partial charge on any atom is -0.361 e. The van der Waals surface area contributed by atoms with Crippen LogP contribution >= 0.6 is 22.6 Å². The summed E-state index contributed by atoms with van der Waals surface area (Å²) in [5, 5.41) is 1.32. The average molecular weight is 257 g/mol. The Morgan fingerprint density at radius 2 is 2.09 bits per heavy atom. The number of halogens is 1. The van der Waals surface area contributed by atoms with E-state index in [-0.39, 0.29) is 0 Å². The molecule has 0 saturated carbocycles. The summed E-state index contributed by atoms with van der Waals surface area (Å²) in [5.41, 5.74) is 2.57. The minimum absolute atomic E-state index is 1.26. The van der Waals surface area contributed by atoms with Crippen LogP contribution in [0, 0.1) is 10.5 Å². The van der Waals surface area contributed by atoms with Crippen LogP contribution in [0.15, 0.2) is 24.4 Å². The Hall–Kier alpha value is -0.510. The van der Waals surface area contributed by atoms with E-state index in [4.69, 9.17) is 0 Å². The fourth-order valence-electron chi connectivity index (χ4n) is 1.27. The Balaban J connectivity index is 2.96. The van der Waals surface area contributed by atoms with Gasteiger partial charge in [0.25, 0.3) is 0 Å². The van der Waals surface area contributed by atoms with Gasteiger partial charge in [0.2, 0.25) is 0 Å². The molecular formula is C9H8IN. The highest BCUT2D eigenvalue weighted by Crippen LogP contribution is 2.21. The second kappa shape index (κ2) is 2.52. The van der Waals surface area contributed by atoms with Crippen molar-refractivity contribution in [1.82, 2.24) is 4.98 Å².